The van der Waals surface area contributed by atoms with Gasteiger partial charge in [0.15, 0.2) is 0 Å². The van der Waals surface area contributed by atoms with E-state index in [9.17, 15) is 14.0 Å². The fraction of sp³-hybridized carbons (Fsp3) is 0.417. The zero-order chi connectivity index (χ0) is 24.0. The third kappa shape index (κ3) is 6.66. The molecular formula is C24H31FN4O4. The number of rotatable bonds is 3. The number of hydrogen-bond donors (Lipinski definition) is 3. The Balaban J connectivity index is 1.81. The number of urea groups is 1. The summed E-state index contributed by atoms with van der Waals surface area (Å²) in [6.07, 6.45) is -0.134. The summed E-state index contributed by atoms with van der Waals surface area (Å²) in [5.74, 6) is 0.00321. The number of amides is 3. The molecule has 0 spiro atoms. The highest BCUT2D eigenvalue weighted by molar-refractivity contribution is 6.02. The third-order valence-electron chi connectivity index (χ3n) is 5.58. The molecule has 0 aromatic heterocycles. The number of anilines is 2. The van der Waals surface area contributed by atoms with E-state index in [-0.39, 0.29) is 24.0 Å². The van der Waals surface area contributed by atoms with Gasteiger partial charge >= 0.3 is 6.03 Å². The molecule has 8 nitrogen and oxygen atoms in total. The van der Waals surface area contributed by atoms with Crippen molar-refractivity contribution in [3.05, 3.63) is 53.8 Å². The largest absolute Gasteiger partial charge is 0.491 e. The summed E-state index contributed by atoms with van der Waals surface area (Å²) in [7, 11) is 3.36. The van der Waals surface area contributed by atoms with Gasteiger partial charge < -0.3 is 30.3 Å². The second-order valence-corrected chi connectivity index (χ2v) is 8.35. The van der Waals surface area contributed by atoms with Crippen molar-refractivity contribution >= 4 is 23.3 Å². The maximum Gasteiger partial charge on any atom is 0.323 e. The molecule has 0 saturated heterocycles. The molecule has 33 heavy (non-hydrogen) atoms. The van der Waals surface area contributed by atoms with Crippen molar-refractivity contribution in [3.63, 3.8) is 0 Å². The molecule has 0 unspecified atom stereocenters. The van der Waals surface area contributed by atoms with E-state index in [1.807, 2.05) is 6.92 Å². The fourth-order valence-electron chi connectivity index (χ4n) is 3.56. The molecule has 2 aromatic rings. The van der Waals surface area contributed by atoms with E-state index < -0.39 is 11.8 Å². The highest BCUT2D eigenvalue weighted by Crippen LogP contribution is 2.26. The summed E-state index contributed by atoms with van der Waals surface area (Å²) in [4.78, 5) is 27.3. The Hall–Kier alpha value is -3.17. The molecular weight excluding hydrogens is 427 g/mol. The number of benzene rings is 2. The molecule has 178 valence electrons. The molecule has 1 heterocycles. The van der Waals surface area contributed by atoms with E-state index in [0.717, 1.165) is 6.54 Å². The van der Waals surface area contributed by atoms with E-state index in [0.29, 0.717) is 35.8 Å². The van der Waals surface area contributed by atoms with Gasteiger partial charge in [-0.1, -0.05) is 6.92 Å². The van der Waals surface area contributed by atoms with Gasteiger partial charge in [-0.3, -0.25) is 4.79 Å². The molecule has 3 rings (SSSR count). The molecule has 1 aliphatic rings. The van der Waals surface area contributed by atoms with Crippen LogP contribution in [0.3, 0.4) is 0 Å². The normalized spacial score (nSPS) is 21.8. The van der Waals surface area contributed by atoms with Crippen molar-refractivity contribution in [1.82, 2.24) is 10.2 Å². The molecule has 3 amide bonds. The fourth-order valence-corrected chi connectivity index (χ4v) is 3.56. The van der Waals surface area contributed by atoms with Crippen LogP contribution in [-0.4, -0.2) is 62.8 Å². The predicted octanol–water partition coefficient (Wildman–Crippen LogP) is 3.56. The summed E-state index contributed by atoms with van der Waals surface area (Å²) in [6.45, 7) is 5.63. The van der Waals surface area contributed by atoms with Gasteiger partial charge in [0, 0.05) is 44.7 Å². The van der Waals surface area contributed by atoms with E-state index >= 15 is 0 Å². The van der Waals surface area contributed by atoms with Gasteiger partial charge in [0.1, 0.15) is 18.2 Å². The Labute approximate surface area is 193 Å². The molecule has 0 saturated carbocycles. The quantitative estimate of drug-likeness (QED) is 0.654. The monoisotopic (exact) mass is 458 g/mol. The first-order chi connectivity index (χ1) is 15.8. The number of methoxy groups -OCH3 is 1. The summed E-state index contributed by atoms with van der Waals surface area (Å²) in [5, 5.41) is 8.77. The molecule has 0 radical (unpaired) electrons. The molecule has 0 aliphatic carbocycles. The first kappa shape index (κ1) is 24.5. The van der Waals surface area contributed by atoms with Crippen LogP contribution < -0.4 is 20.7 Å². The van der Waals surface area contributed by atoms with Crippen LogP contribution in [-0.2, 0) is 4.74 Å². The number of nitrogens with zero attached hydrogens (tertiary/aromatic N) is 1. The summed E-state index contributed by atoms with van der Waals surface area (Å²) < 4.78 is 24.6. The number of nitrogens with one attached hydrogen (secondary N) is 3. The Morgan fingerprint density at radius 2 is 1.82 bits per heavy atom. The minimum atomic E-state index is -0.512. The van der Waals surface area contributed by atoms with Gasteiger partial charge in [0.25, 0.3) is 5.91 Å². The van der Waals surface area contributed by atoms with Crippen molar-refractivity contribution < 1.29 is 23.5 Å². The lowest BCUT2D eigenvalue weighted by molar-refractivity contribution is 0.0281. The van der Waals surface area contributed by atoms with Crippen LogP contribution in [0.5, 0.6) is 5.75 Å². The summed E-state index contributed by atoms with van der Waals surface area (Å²) in [6, 6.07) is 9.93. The first-order valence-electron chi connectivity index (χ1n) is 10.9. The number of ether oxygens (including phenoxy) is 2. The minimum Gasteiger partial charge on any atom is -0.491 e. The van der Waals surface area contributed by atoms with Crippen LogP contribution in [0.25, 0.3) is 0 Å². The third-order valence-corrected chi connectivity index (χ3v) is 5.58. The molecule has 0 fully saturated rings. The summed E-state index contributed by atoms with van der Waals surface area (Å²) in [5.41, 5.74) is 1.21. The van der Waals surface area contributed by atoms with E-state index in [1.165, 1.54) is 24.3 Å². The van der Waals surface area contributed by atoms with Crippen LogP contribution in [0.1, 0.15) is 24.2 Å². The smallest absolute Gasteiger partial charge is 0.323 e. The lowest BCUT2D eigenvalue weighted by Crippen LogP contribution is -2.44. The molecule has 0 bridgehead atoms. The highest BCUT2D eigenvalue weighted by atomic mass is 19.1. The number of fused-ring (bicyclic) bond motifs is 1. The van der Waals surface area contributed by atoms with Gasteiger partial charge in [-0.2, -0.15) is 0 Å². The zero-order valence-electron chi connectivity index (χ0n) is 19.4. The highest BCUT2D eigenvalue weighted by Gasteiger charge is 2.25. The number of carbonyl (C=O) groups is 2. The van der Waals surface area contributed by atoms with E-state index in [2.05, 4.69) is 22.9 Å². The van der Waals surface area contributed by atoms with Gasteiger partial charge in [-0.15, -0.1) is 0 Å². The number of hydrogen-bond acceptors (Lipinski definition) is 5. The van der Waals surface area contributed by atoms with Gasteiger partial charge in [0.2, 0.25) is 0 Å². The SMILES string of the molecule is CO[C@@H]1CN(C)C(=O)c2cc(NC(=O)Nc3ccc(F)cc3)ccc2OC[C@H](C)NC[C@@H]1C. The van der Waals surface area contributed by atoms with Crippen molar-refractivity contribution in [2.24, 2.45) is 5.92 Å². The van der Waals surface area contributed by atoms with Gasteiger partial charge in [0.05, 0.1) is 11.7 Å². The lowest BCUT2D eigenvalue weighted by atomic mass is 10.0. The van der Waals surface area contributed by atoms with Gasteiger partial charge in [-0.05, 0) is 55.3 Å². The van der Waals surface area contributed by atoms with Gasteiger partial charge in [-0.25, -0.2) is 9.18 Å². The molecule has 1 aliphatic heterocycles. The number of halogens is 1. The van der Waals surface area contributed by atoms with Crippen LogP contribution in [0.2, 0.25) is 0 Å². The molecule has 9 heteroatoms. The molecule has 2 aromatic carbocycles. The van der Waals surface area contributed by atoms with Crippen molar-refractivity contribution in [2.45, 2.75) is 26.0 Å². The average molecular weight is 459 g/mol. The maximum absolute atomic E-state index is 13.3. The maximum atomic E-state index is 13.3. The second-order valence-electron chi connectivity index (χ2n) is 8.35. The Bertz CT molecular complexity index is 969. The topological polar surface area (TPSA) is 91.9 Å². The summed E-state index contributed by atoms with van der Waals surface area (Å²) >= 11 is 0. The van der Waals surface area contributed by atoms with E-state index in [4.69, 9.17) is 9.47 Å². The second kappa shape index (κ2) is 11.1. The van der Waals surface area contributed by atoms with Crippen molar-refractivity contribution in [2.75, 3.05) is 44.5 Å². The zero-order valence-corrected chi connectivity index (χ0v) is 19.4. The Morgan fingerprint density at radius 1 is 1.15 bits per heavy atom. The number of carbonyl (C=O) groups excluding carboxylic acids is 2. The van der Waals surface area contributed by atoms with E-state index in [1.54, 1.807) is 37.3 Å². The minimum absolute atomic E-state index is 0.0735. The molecule has 3 N–H and O–H groups in total. The predicted molar refractivity (Wildman–Crippen MR) is 125 cm³/mol. The van der Waals surface area contributed by atoms with Crippen LogP contribution in [0.15, 0.2) is 42.5 Å². The number of likely N-dealkylation sites (N-methyl/N-ethyl adjacent to an activating group) is 1. The van der Waals surface area contributed by atoms with Crippen LogP contribution in [0.4, 0.5) is 20.6 Å². The molecule has 3 atom stereocenters. The first-order valence-corrected chi connectivity index (χ1v) is 10.9. The standard InChI is InChI=1S/C24H31FN4O4/c1-15-12-26-16(2)14-33-21-10-9-19(11-20(21)23(30)29(3)13-22(15)32-4)28-24(31)27-18-7-5-17(25)6-8-18/h5-11,15-16,22,26H,12-14H2,1-4H3,(H2,27,28,31)/t15-,16-,22+/m0/s1. The van der Waals surface area contributed by atoms with Crippen molar-refractivity contribution in [3.8, 4) is 5.75 Å². The van der Waals surface area contributed by atoms with Crippen LogP contribution in [0, 0.1) is 11.7 Å². The van der Waals surface area contributed by atoms with Crippen LogP contribution >= 0.6 is 0 Å². The Kier molecular flexibility index (Phi) is 8.24. The average Bonchev–Trinajstić information content (AvgIpc) is 2.80. The lowest BCUT2D eigenvalue weighted by Gasteiger charge is -2.30. The van der Waals surface area contributed by atoms with Crippen molar-refractivity contribution in [1.29, 1.82) is 0 Å². The Morgan fingerprint density at radius 3 is 2.52 bits per heavy atom.